The molecule has 1 aromatic carbocycles. The predicted molar refractivity (Wildman–Crippen MR) is 89.6 cm³/mol. The van der Waals surface area contributed by atoms with E-state index in [-0.39, 0.29) is 12.0 Å². The topological polar surface area (TPSA) is 102 Å². The molecular formula is C18H15FN2O5. The maximum absolute atomic E-state index is 13.2. The number of hydrogen-bond acceptors (Lipinski definition) is 5. The second kappa shape index (κ2) is 7.22. The third-order valence-electron chi connectivity index (χ3n) is 3.83. The number of aliphatic carboxylic acids is 1. The van der Waals surface area contributed by atoms with Crippen LogP contribution in [0.3, 0.4) is 0 Å². The second-order valence-corrected chi connectivity index (χ2v) is 5.59. The van der Waals surface area contributed by atoms with Crippen LogP contribution in [-0.2, 0) is 11.2 Å². The van der Waals surface area contributed by atoms with Gasteiger partial charge in [-0.25, -0.2) is 9.18 Å². The Balaban J connectivity index is 1.83. The van der Waals surface area contributed by atoms with Crippen LogP contribution in [0.25, 0.3) is 11.0 Å². The van der Waals surface area contributed by atoms with E-state index in [1.165, 1.54) is 25.6 Å². The standard InChI is InChI=1S/C18H15FN2O5/c1-25-12-2-3-16-13(6-12)14(9-26-16)17(22)21-15(18(23)24)5-10-4-11(19)8-20-7-10/h2-4,6-9,15H,5H2,1H3,(H,21,22)(H,23,24). The summed E-state index contributed by atoms with van der Waals surface area (Å²) >= 11 is 0. The van der Waals surface area contributed by atoms with Gasteiger partial charge in [0.15, 0.2) is 0 Å². The number of furan rings is 1. The van der Waals surface area contributed by atoms with E-state index in [9.17, 15) is 19.1 Å². The summed E-state index contributed by atoms with van der Waals surface area (Å²) in [7, 11) is 1.49. The molecule has 134 valence electrons. The molecule has 0 aliphatic heterocycles. The number of fused-ring (bicyclic) bond motifs is 1. The Morgan fingerprint density at radius 2 is 2.15 bits per heavy atom. The number of aromatic nitrogens is 1. The Bertz CT molecular complexity index is 969. The Kier molecular flexibility index (Phi) is 4.83. The number of benzene rings is 1. The van der Waals surface area contributed by atoms with Gasteiger partial charge in [-0.05, 0) is 29.8 Å². The third kappa shape index (κ3) is 3.64. The molecule has 2 heterocycles. The number of nitrogens with one attached hydrogen (secondary N) is 1. The highest BCUT2D eigenvalue weighted by Gasteiger charge is 2.23. The molecule has 8 heteroatoms. The van der Waals surface area contributed by atoms with Crippen molar-refractivity contribution in [3.63, 3.8) is 0 Å². The third-order valence-corrected chi connectivity index (χ3v) is 3.83. The smallest absolute Gasteiger partial charge is 0.326 e. The molecule has 7 nitrogen and oxygen atoms in total. The predicted octanol–water partition coefficient (Wildman–Crippen LogP) is 2.40. The number of carboxylic acids is 1. The largest absolute Gasteiger partial charge is 0.497 e. The number of carboxylic acid groups (broad SMARTS) is 1. The number of methoxy groups -OCH3 is 1. The second-order valence-electron chi connectivity index (χ2n) is 5.59. The van der Waals surface area contributed by atoms with Crippen LogP contribution in [0.1, 0.15) is 15.9 Å². The number of pyridine rings is 1. The molecule has 2 aromatic heterocycles. The summed E-state index contributed by atoms with van der Waals surface area (Å²) in [6.45, 7) is 0. The van der Waals surface area contributed by atoms with Gasteiger partial charge >= 0.3 is 5.97 Å². The van der Waals surface area contributed by atoms with Gasteiger partial charge in [-0.15, -0.1) is 0 Å². The molecule has 1 amide bonds. The minimum atomic E-state index is -1.25. The highest BCUT2D eigenvalue weighted by Crippen LogP contribution is 2.25. The van der Waals surface area contributed by atoms with Gasteiger partial charge in [-0.2, -0.15) is 0 Å². The van der Waals surface area contributed by atoms with Gasteiger partial charge in [-0.3, -0.25) is 9.78 Å². The lowest BCUT2D eigenvalue weighted by atomic mass is 10.1. The lowest BCUT2D eigenvalue weighted by Gasteiger charge is -2.14. The number of halogens is 1. The zero-order valence-corrected chi connectivity index (χ0v) is 13.7. The number of carbonyl (C=O) groups is 2. The molecule has 2 N–H and O–H groups in total. The summed E-state index contributed by atoms with van der Waals surface area (Å²) in [6.07, 6.45) is 3.51. The van der Waals surface area contributed by atoms with Crippen molar-refractivity contribution in [1.29, 1.82) is 0 Å². The van der Waals surface area contributed by atoms with Crippen LogP contribution < -0.4 is 10.1 Å². The van der Waals surface area contributed by atoms with Crippen molar-refractivity contribution < 1.29 is 28.2 Å². The van der Waals surface area contributed by atoms with Crippen molar-refractivity contribution in [2.75, 3.05) is 7.11 Å². The molecule has 0 aliphatic rings. The summed E-state index contributed by atoms with van der Waals surface area (Å²) in [6, 6.07) is 4.89. The summed E-state index contributed by atoms with van der Waals surface area (Å²) < 4.78 is 23.7. The van der Waals surface area contributed by atoms with Gasteiger partial charge in [0.2, 0.25) is 0 Å². The molecule has 0 spiro atoms. The summed E-state index contributed by atoms with van der Waals surface area (Å²) in [5, 5.41) is 12.3. The zero-order valence-electron chi connectivity index (χ0n) is 13.7. The fourth-order valence-electron chi connectivity index (χ4n) is 2.55. The van der Waals surface area contributed by atoms with Crippen molar-refractivity contribution in [2.24, 2.45) is 0 Å². The maximum Gasteiger partial charge on any atom is 0.326 e. The van der Waals surface area contributed by atoms with E-state index in [1.54, 1.807) is 18.2 Å². The van der Waals surface area contributed by atoms with Crippen molar-refractivity contribution in [2.45, 2.75) is 12.5 Å². The summed E-state index contributed by atoms with van der Waals surface area (Å²) in [4.78, 5) is 27.7. The molecule has 1 atom stereocenters. The van der Waals surface area contributed by atoms with Gasteiger partial charge < -0.3 is 19.6 Å². The molecule has 0 aliphatic carbocycles. The lowest BCUT2D eigenvalue weighted by molar-refractivity contribution is -0.139. The minimum Gasteiger partial charge on any atom is -0.497 e. The highest BCUT2D eigenvalue weighted by molar-refractivity contribution is 6.07. The van der Waals surface area contributed by atoms with Crippen LogP contribution in [-0.4, -0.2) is 35.1 Å². The van der Waals surface area contributed by atoms with Crippen molar-refractivity contribution in [1.82, 2.24) is 10.3 Å². The van der Waals surface area contributed by atoms with Crippen LogP contribution in [0.5, 0.6) is 5.75 Å². The number of ether oxygens (including phenoxy) is 1. The number of hydrogen-bond donors (Lipinski definition) is 2. The summed E-state index contributed by atoms with van der Waals surface area (Å²) in [5.41, 5.74) is 1.01. The van der Waals surface area contributed by atoms with E-state index in [0.717, 1.165) is 6.20 Å². The molecule has 0 radical (unpaired) electrons. The Morgan fingerprint density at radius 1 is 1.35 bits per heavy atom. The molecule has 3 aromatic rings. The Labute approximate surface area is 147 Å². The number of carbonyl (C=O) groups excluding carboxylic acids is 1. The van der Waals surface area contributed by atoms with Gasteiger partial charge in [0, 0.05) is 18.0 Å². The fraction of sp³-hybridized carbons (Fsp3) is 0.167. The number of amides is 1. The SMILES string of the molecule is COc1ccc2occ(C(=O)NC(Cc3cncc(F)c3)C(=O)O)c2c1. The average Bonchev–Trinajstić information content (AvgIpc) is 3.04. The van der Waals surface area contributed by atoms with Gasteiger partial charge in [0.05, 0.1) is 18.9 Å². The molecule has 0 fully saturated rings. The van der Waals surface area contributed by atoms with E-state index in [2.05, 4.69) is 10.3 Å². The van der Waals surface area contributed by atoms with E-state index in [0.29, 0.717) is 22.3 Å². The Morgan fingerprint density at radius 3 is 2.85 bits per heavy atom. The molecular weight excluding hydrogens is 343 g/mol. The average molecular weight is 358 g/mol. The minimum absolute atomic E-state index is 0.106. The van der Waals surface area contributed by atoms with Crippen LogP contribution in [0, 0.1) is 5.82 Å². The van der Waals surface area contributed by atoms with Crippen molar-refractivity contribution >= 4 is 22.8 Å². The normalized spacial score (nSPS) is 11.9. The van der Waals surface area contributed by atoms with Gasteiger partial charge in [0.1, 0.15) is 29.5 Å². The van der Waals surface area contributed by atoms with E-state index < -0.39 is 23.7 Å². The number of nitrogens with zero attached hydrogens (tertiary/aromatic N) is 1. The molecule has 3 rings (SSSR count). The first-order valence-electron chi connectivity index (χ1n) is 7.66. The lowest BCUT2D eigenvalue weighted by Crippen LogP contribution is -2.42. The molecule has 0 bridgehead atoms. The highest BCUT2D eigenvalue weighted by atomic mass is 19.1. The van der Waals surface area contributed by atoms with Crippen LogP contribution in [0.15, 0.2) is 47.3 Å². The van der Waals surface area contributed by atoms with Crippen LogP contribution >= 0.6 is 0 Å². The maximum atomic E-state index is 13.2. The first-order valence-corrected chi connectivity index (χ1v) is 7.66. The van der Waals surface area contributed by atoms with Gasteiger partial charge in [-0.1, -0.05) is 0 Å². The van der Waals surface area contributed by atoms with E-state index >= 15 is 0 Å². The van der Waals surface area contributed by atoms with Crippen LogP contribution in [0.2, 0.25) is 0 Å². The quantitative estimate of drug-likeness (QED) is 0.702. The molecule has 1 unspecified atom stereocenters. The molecule has 26 heavy (non-hydrogen) atoms. The first kappa shape index (κ1) is 17.4. The van der Waals surface area contributed by atoms with Crippen molar-refractivity contribution in [3.8, 4) is 5.75 Å². The van der Waals surface area contributed by atoms with Crippen LogP contribution in [0.4, 0.5) is 4.39 Å². The Hall–Kier alpha value is -3.42. The van der Waals surface area contributed by atoms with Gasteiger partial charge in [0.25, 0.3) is 5.91 Å². The monoisotopic (exact) mass is 358 g/mol. The zero-order chi connectivity index (χ0) is 18.7. The number of rotatable bonds is 6. The fourth-order valence-corrected chi connectivity index (χ4v) is 2.55. The van der Waals surface area contributed by atoms with E-state index in [1.807, 2.05) is 0 Å². The first-order chi connectivity index (χ1) is 12.5. The van der Waals surface area contributed by atoms with E-state index in [4.69, 9.17) is 9.15 Å². The molecule has 0 saturated heterocycles. The summed E-state index contributed by atoms with van der Waals surface area (Å²) in [5.74, 6) is -1.90. The molecule has 0 saturated carbocycles. The van der Waals surface area contributed by atoms with Crippen molar-refractivity contribution in [3.05, 3.63) is 59.9 Å².